The van der Waals surface area contributed by atoms with Gasteiger partial charge in [-0.2, -0.15) is 8.42 Å². The summed E-state index contributed by atoms with van der Waals surface area (Å²) in [6.07, 6.45) is 7.30. The normalized spacial score (nSPS) is 15.7. The third kappa shape index (κ3) is 7.02. The predicted molar refractivity (Wildman–Crippen MR) is 129 cm³/mol. The topological polar surface area (TPSA) is 79.7 Å². The number of likely N-dealkylation sites (N-methyl/N-ethyl adjacent to an activating group) is 1. The summed E-state index contributed by atoms with van der Waals surface area (Å²) in [6, 6.07) is 17.3. The van der Waals surface area contributed by atoms with Crippen molar-refractivity contribution < 1.29 is 17.7 Å². The van der Waals surface area contributed by atoms with Crippen molar-refractivity contribution >= 4 is 21.0 Å². The summed E-state index contributed by atoms with van der Waals surface area (Å²) in [6.45, 7) is 2.18. The van der Waals surface area contributed by atoms with Gasteiger partial charge >= 0.3 is 0 Å². The van der Waals surface area contributed by atoms with E-state index < -0.39 is 10.1 Å². The molecule has 2 aromatic carbocycles. The third-order valence-electron chi connectivity index (χ3n) is 5.79. The van der Waals surface area contributed by atoms with Gasteiger partial charge in [-0.1, -0.05) is 24.3 Å². The van der Waals surface area contributed by atoms with Crippen molar-refractivity contribution in [3.8, 4) is 5.75 Å². The van der Waals surface area contributed by atoms with Crippen LogP contribution in [0.5, 0.6) is 5.75 Å². The Bertz CT molecular complexity index is 1140. The Morgan fingerprint density at radius 2 is 1.97 bits per heavy atom. The minimum Gasteiger partial charge on any atom is -0.496 e. The zero-order chi connectivity index (χ0) is 23.1. The van der Waals surface area contributed by atoms with Crippen LogP contribution in [0.2, 0.25) is 0 Å². The molecule has 172 valence electrons. The number of rotatable bonds is 6. The molecule has 3 aromatic rings. The molecule has 0 radical (unpaired) electrons. The van der Waals surface area contributed by atoms with Crippen LogP contribution in [0.1, 0.15) is 35.4 Å². The summed E-state index contributed by atoms with van der Waals surface area (Å²) >= 11 is 0. The van der Waals surface area contributed by atoms with E-state index >= 15 is 0 Å². The highest BCUT2D eigenvalue weighted by atomic mass is 32.2. The summed E-state index contributed by atoms with van der Waals surface area (Å²) in [5, 5.41) is 1.23. The molecule has 1 N–H and O–H groups in total. The highest BCUT2D eigenvalue weighted by Crippen LogP contribution is 2.36. The van der Waals surface area contributed by atoms with Crippen molar-refractivity contribution in [1.29, 1.82) is 0 Å². The van der Waals surface area contributed by atoms with Crippen LogP contribution in [-0.4, -0.2) is 56.4 Å². The summed E-state index contributed by atoms with van der Waals surface area (Å²) in [4.78, 5) is 6.89. The molecular formula is C25H32N2O4S. The van der Waals surface area contributed by atoms with Gasteiger partial charge in [0.2, 0.25) is 0 Å². The second kappa shape index (κ2) is 10.9. The molecule has 0 saturated carbocycles. The van der Waals surface area contributed by atoms with Crippen molar-refractivity contribution in [2.24, 2.45) is 0 Å². The predicted octanol–water partition coefficient (Wildman–Crippen LogP) is 4.34. The summed E-state index contributed by atoms with van der Waals surface area (Å²) < 4.78 is 31.5. The van der Waals surface area contributed by atoms with Crippen LogP contribution in [0.4, 0.5) is 0 Å². The van der Waals surface area contributed by atoms with Crippen LogP contribution in [0.25, 0.3) is 10.9 Å². The van der Waals surface area contributed by atoms with Crippen molar-refractivity contribution in [3.63, 3.8) is 0 Å². The van der Waals surface area contributed by atoms with E-state index in [1.807, 2.05) is 12.3 Å². The zero-order valence-corrected chi connectivity index (χ0v) is 19.8. The Balaban J connectivity index is 0.000000523. The lowest BCUT2D eigenvalue weighted by Crippen LogP contribution is -2.28. The maximum Gasteiger partial charge on any atom is 0.261 e. The summed E-state index contributed by atoms with van der Waals surface area (Å²) in [5.41, 5.74) is 5.37. The number of aromatic nitrogens is 1. The van der Waals surface area contributed by atoms with E-state index in [4.69, 9.17) is 9.29 Å². The van der Waals surface area contributed by atoms with E-state index in [-0.39, 0.29) is 0 Å². The first-order valence-electron chi connectivity index (χ1n) is 10.8. The summed E-state index contributed by atoms with van der Waals surface area (Å²) in [5.74, 6) is 1.67. The van der Waals surface area contributed by atoms with Crippen molar-refractivity contribution in [2.45, 2.75) is 31.6 Å². The monoisotopic (exact) mass is 456 g/mol. The first-order valence-corrected chi connectivity index (χ1v) is 12.7. The maximum atomic E-state index is 9.19. The SMILES string of the molecule is COc1cccc2c1CCC[C@H]2CN(C)CCc1ccc2ncccc2c1.CS(=O)(=O)O. The van der Waals surface area contributed by atoms with Gasteiger partial charge in [-0.05, 0) is 79.6 Å². The standard InChI is InChI=1S/C24H28N2O.CH4O3S/c1-26(15-13-18-11-12-23-19(16-18)7-5-14-25-23)17-20-6-3-9-22-21(20)8-4-10-24(22)27-2;1-5(2,3)4/h4-5,7-8,10-12,14,16,20H,3,6,9,13,15,17H2,1-2H3;1H3,(H,2,3,4)/t20-;/m0./s1. The molecule has 32 heavy (non-hydrogen) atoms. The summed E-state index contributed by atoms with van der Waals surface area (Å²) in [7, 11) is 0.363. The Morgan fingerprint density at radius 1 is 1.19 bits per heavy atom. The Hall–Kier alpha value is -2.48. The van der Waals surface area contributed by atoms with E-state index in [9.17, 15) is 8.42 Å². The average molecular weight is 457 g/mol. The molecular weight excluding hydrogens is 424 g/mol. The minimum absolute atomic E-state index is 0.606. The van der Waals surface area contributed by atoms with Gasteiger partial charge in [-0.25, -0.2) is 0 Å². The number of benzene rings is 2. The lowest BCUT2D eigenvalue weighted by molar-refractivity contribution is 0.299. The fourth-order valence-electron chi connectivity index (χ4n) is 4.36. The van der Waals surface area contributed by atoms with Gasteiger partial charge in [-0.15, -0.1) is 0 Å². The molecule has 0 unspecified atom stereocenters. The molecule has 1 aliphatic rings. The van der Waals surface area contributed by atoms with Crippen molar-refractivity contribution in [2.75, 3.05) is 33.5 Å². The van der Waals surface area contributed by atoms with E-state index in [2.05, 4.69) is 59.4 Å². The average Bonchev–Trinajstić information content (AvgIpc) is 2.76. The minimum atomic E-state index is -3.67. The lowest BCUT2D eigenvalue weighted by atomic mass is 9.82. The first-order chi connectivity index (χ1) is 15.2. The highest BCUT2D eigenvalue weighted by molar-refractivity contribution is 7.85. The van der Waals surface area contributed by atoms with E-state index in [1.165, 1.54) is 34.9 Å². The molecule has 1 heterocycles. The van der Waals surface area contributed by atoms with Gasteiger partial charge in [0.25, 0.3) is 10.1 Å². The number of nitrogens with zero attached hydrogens (tertiary/aromatic N) is 2. The fourth-order valence-corrected chi connectivity index (χ4v) is 4.36. The fraction of sp³-hybridized carbons (Fsp3) is 0.400. The molecule has 0 spiro atoms. The molecule has 1 atom stereocenters. The number of pyridine rings is 1. The second-order valence-corrected chi connectivity index (χ2v) is 9.86. The Morgan fingerprint density at radius 3 is 2.72 bits per heavy atom. The quantitative estimate of drug-likeness (QED) is 0.556. The lowest BCUT2D eigenvalue weighted by Gasteiger charge is -2.30. The van der Waals surface area contributed by atoms with E-state index in [0.717, 1.165) is 37.2 Å². The largest absolute Gasteiger partial charge is 0.496 e. The van der Waals surface area contributed by atoms with Gasteiger partial charge in [-0.3, -0.25) is 9.54 Å². The van der Waals surface area contributed by atoms with Crippen LogP contribution in [0.15, 0.2) is 54.7 Å². The Labute approximate surface area is 191 Å². The number of hydrogen-bond acceptors (Lipinski definition) is 5. The van der Waals surface area contributed by atoms with E-state index in [1.54, 1.807) is 7.11 Å². The number of ether oxygens (including phenoxy) is 1. The number of methoxy groups -OCH3 is 1. The number of hydrogen-bond donors (Lipinski definition) is 1. The van der Waals surface area contributed by atoms with Gasteiger partial charge in [0.05, 0.1) is 18.9 Å². The molecule has 0 aliphatic heterocycles. The molecule has 0 bridgehead atoms. The molecule has 0 amide bonds. The molecule has 7 heteroatoms. The van der Waals surface area contributed by atoms with Crippen LogP contribution in [0, 0.1) is 0 Å². The molecule has 6 nitrogen and oxygen atoms in total. The van der Waals surface area contributed by atoms with Crippen LogP contribution in [-0.2, 0) is 23.0 Å². The van der Waals surface area contributed by atoms with Crippen molar-refractivity contribution in [1.82, 2.24) is 9.88 Å². The highest BCUT2D eigenvalue weighted by Gasteiger charge is 2.23. The van der Waals surface area contributed by atoms with Gasteiger partial charge < -0.3 is 9.64 Å². The molecule has 1 aliphatic carbocycles. The van der Waals surface area contributed by atoms with Crippen LogP contribution in [0.3, 0.4) is 0 Å². The second-order valence-electron chi connectivity index (χ2n) is 8.39. The van der Waals surface area contributed by atoms with Crippen LogP contribution >= 0.6 is 0 Å². The van der Waals surface area contributed by atoms with Gasteiger partial charge in [0.1, 0.15) is 5.75 Å². The first kappa shape index (κ1) is 24.2. The maximum absolute atomic E-state index is 9.19. The van der Waals surface area contributed by atoms with Crippen molar-refractivity contribution in [3.05, 3.63) is 71.4 Å². The van der Waals surface area contributed by atoms with Crippen LogP contribution < -0.4 is 4.74 Å². The number of fused-ring (bicyclic) bond motifs is 2. The Kier molecular flexibility index (Phi) is 8.23. The third-order valence-corrected chi connectivity index (χ3v) is 5.79. The zero-order valence-electron chi connectivity index (χ0n) is 19.0. The molecule has 0 saturated heterocycles. The molecule has 0 fully saturated rings. The smallest absolute Gasteiger partial charge is 0.261 e. The van der Waals surface area contributed by atoms with E-state index in [0.29, 0.717) is 12.2 Å². The van der Waals surface area contributed by atoms with Gasteiger partial charge in [0, 0.05) is 24.7 Å². The molecule has 1 aromatic heterocycles. The molecule has 4 rings (SSSR count). The van der Waals surface area contributed by atoms with Gasteiger partial charge in [0.15, 0.2) is 0 Å².